The van der Waals surface area contributed by atoms with Crippen LogP contribution in [0.3, 0.4) is 0 Å². The van der Waals surface area contributed by atoms with Crippen LogP contribution >= 0.6 is 0 Å². The summed E-state index contributed by atoms with van der Waals surface area (Å²) in [6.07, 6.45) is 2.40. The second kappa shape index (κ2) is 7.00. The van der Waals surface area contributed by atoms with Crippen molar-refractivity contribution in [3.05, 3.63) is 35.4 Å². The molecule has 6 nitrogen and oxygen atoms in total. The molecule has 2 heterocycles. The van der Waals surface area contributed by atoms with E-state index in [1.165, 1.54) is 6.92 Å². The van der Waals surface area contributed by atoms with Crippen LogP contribution in [0, 0.1) is 5.92 Å². The Balaban J connectivity index is 1.67. The van der Waals surface area contributed by atoms with E-state index in [-0.39, 0.29) is 41.4 Å². The molecule has 26 heavy (non-hydrogen) atoms. The summed E-state index contributed by atoms with van der Waals surface area (Å²) in [5.74, 6) is -1.16. The molecule has 4 atom stereocenters. The van der Waals surface area contributed by atoms with Gasteiger partial charge in [-0.25, -0.2) is 4.79 Å². The van der Waals surface area contributed by atoms with E-state index < -0.39 is 5.97 Å². The van der Waals surface area contributed by atoms with E-state index in [0.717, 1.165) is 19.3 Å². The van der Waals surface area contributed by atoms with Gasteiger partial charge >= 0.3 is 11.9 Å². The van der Waals surface area contributed by atoms with Gasteiger partial charge in [0.2, 0.25) is 0 Å². The lowest BCUT2D eigenvalue weighted by Crippen LogP contribution is -2.40. The molecule has 4 unspecified atom stereocenters. The molecule has 2 fully saturated rings. The predicted molar refractivity (Wildman–Crippen MR) is 93.8 cm³/mol. The first-order valence-electron chi connectivity index (χ1n) is 9.02. The minimum absolute atomic E-state index is 0.0770. The molecule has 2 aliphatic heterocycles. The van der Waals surface area contributed by atoms with Crippen molar-refractivity contribution in [2.75, 3.05) is 6.61 Å². The van der Waals surface area contributed by atoms with Gasteiger partial charge in [-0.2, -0.15) is 0 Å². The smallest absolute Gasteiger partial charge is 0.336 e. The Morgan fingerprint density at radius 2 is 2.08 bits per heavy atom. The van der Waals surface area contributed by atoms with Crippen LogP contribution in [0.2, 0.25) is 0 Å². The summed E-state index contributed by atoms with van der Waals surface area (Å²) in [5, 5.41) is 9.31. The number of hydrogen-bond donors (Lipinski definition) is 1. The third-order valence-corrected chi connectivity index (χ3v) is 5.82. The first kappa shape index (κ1) is 18.9. The van der Waals surface area contributed by atoms with Crippen LogP contribution in [0.4, 0.5) is 0 Å². The highest BCUT2D eigenvalue weighted by atomic mass is 16.6. The molecule has 2 aliphatic rings. The summed E-state index contributed by atoms with van der Waals surface area (Å²) in [4.78, 5) is 22.5. The average molecular weight is 362 g/mol. The molecule has 142 valence electrons. The minimum Gasteiger partial charge on any atom is -0.478 e. The van der Waals surface area contributed by atoms with Gasteiger partial charge in [-0.1, -0.05) is 25.1 Å². The van der Waals surface area contributed by atoms with E-state index in [1.54, 1.807) is 18.2 Å². The molecule has 0 aliphatic carbocycles. The maximum atomic E-state index is 11.4. The second-order valence-corrected chi connectivity index (χ2v) is 7.65. The normalized spacial score (nSPS) is 31.0. The summed E-state index contributed by atoms with van der Waals surface area (Å²) in [5.41, 5.74) is 0.192. The van der Waals surface area contributed by atoms with Gasteiger partial charge in [0.25, 0.3) is 0 Å². The first-order valence-corrected chi connectivity index (χ1v) is 9.02. The van der Waals surface area contributed by atoms with Crippen molar-refractivity contribution in [1.82, 2.24) is 0 Å². The number of aromatic carboxylic acids is 1. The average Bonchev–Trinajstić information content (AvgIpc) is 3.10. The maximum absolute atomic E-state index is 11.4. The number of carboxylic acids is 1. The number of carboxylic acid groups (broad SMARTS) is 1. The molecule has 1 aromatic carbocycles. The fourth-order valence-corrected chi connectivity index (χ4v) is 4.15. The van der Waals surface area contributed by atoms with Crippen molar-refractivity contribution in [2.24, 2.45) is 5.92 Å². The number of rotatable bonds is 7. The van der Waals surface area contributed by atoms with E-state index in [2.05, 4.69) is 0 Å². The molecule has 0 saturated carbocycles. The lowest BCUT2D eigenvalue weighted by atomic mass is 9.75. The highest BCUT2D eigenvalue weighted by Gasteiger charge is 2.61. The number of carbonyl (C=O) groups excluding carboxylic acids is 1. The molecule has 1 aromatic rings. The van der Waals surface area contributed by atoms with Crippen LogP contribution in [0.1, 0.15) is 56.0 Å². The Morgan fingerprint density at radius 1 is 1.35 bits per heavy atom. The third kappa shape index (κ3) is 3.48. The van der Waals surface area contributed by atoms with E-state index in [9.17, 15) is 14.7 Å². The summed E-state index contributed by atoms with van der Waals surface area (Å²) >= 11 is 0. The summed E-state index contributed by atoms with van der Waals surface area (Å²) < 4.78 is 17.7. The lowest BCUT2D eigenvalue weighted by Gasteiger charge is -2.33. The monoisotopic (exact) mass is 362 g/mol. The predicted octanol–water partition coefficient (Wildman–Crippen LogP) is 3.18. The molecule has 1 N–H and O–H groups in total. The molecular formula is C20H26O6. The highest BCUT2D eigenvalue weighted by molar-refractivity contribution is 5.89. The van der Waals surface area contributed by atoms with Crippen molar-refractivity contribution in [3.8, 4) is 0 Å². The van der Waals surface area contributed by atoms with Crippen LogP contribution < -0.4 is 0 Å². The molecule has 0 aromatic heterocycles. The number of fused-ring (bicyclic) bond motifs is 2. The summed E-state index contributed by atoms with van der Waals surface area (Å²) in [6.45, 7) is 6.07. The Kier molecular flexibility index (Phi) is 5.08. The Hall–Kier alpha value is -1.92. The molecular weight excluding hydrogens is 336 g/mol. The molecule has 0 amide bonds. The van der Waals surface area contributed by atoms with Crippen LogP contribution in [-0.2, 0) is 25.6 Å². The zero-order chi connectivity index (χ0) is 18.9. The van der Waals surface area contributed by atoms with Crippen molar-refractivity contribution < 1.29 is 28.9 Å². The molecule has 0 radical (unpaired) electrons. The van der Waals surface area contributed by atoms with E-state index >= 15 is 0 Å². The number of hydrogen-bond acceptors (Lipinski definition) is 5. The zero-order valence-electron chi connectivity index (χ0n) is 15.5. The zero-order valence-corrected chi connectivity index (χ0v) is 15.5. The van der Waals surface area contributed by atoms with Gasteiger partial charge in [0, 0.05) is 19.3 Å². The highest BCUT2D eigenvalue weighted by Crippen LogP contribution is 2.55. The quantitative estimate of drug-likeness (QED) is 0.750. The number of ether oxygens (including phenoxy) is 3. The number of esters is 1. The van der Waals surface area contributed by atoms with Gasteiger partial charge in [0.1, 0.15) is 0 Å². The second-order valence-electron chi connectivity index (χ2n) is 7.65. The van der Waals surface area contributed by atoms with Gasteiger partial charge in [0.15, 0.2) is 0 Å². The SMILES string of the molecule is CC(=O)OCC(C)C12CCC(C)(O1)C(OCc1ccccc1C(=O)O)C2. The van der Waals surface area contributed by atoms with Crippen LogP contribution in [0.5, 0.6) is 0 Å². The molecule has 2 bridgehead atoms. The van der Waals surface area contributed by atoms with Crippen molar-refractivity contribution in [2.45, 2.75) is 63.9 Å². The van der Waals surface area contributed by atoms with Gasteiger partial charge < -0.3 is 19.3 Å². The molecule has 3 rings (SSSR count). The molecule has 2 saturated heterocycles. The van der Waals surface area contributed by atoms with E-state index in [1.807, 2.05) is 19.9 Å². The standard InChI is InChI=1S/C20H26O6/c1-13(11-24-14(2)21)20-9-8-19(3,26-20)17(10-20)25-12-15-6-4-5-7-16(15)18(22)23/h4-7,13,17H,8-12H2,1-3H3,(H,22,23). The summed E-state index contributed by atoms with van der Waals surface area (Å²) in [7, 11) is 0. The lowest BCUT2D eigenvalue weighted by molar-refractivity contribution is -0.147. The Morgan fingerprint density at radius 3 is 2.77 bits per heavy atom. The Bertz CT molecular complexity index is 701. The topological polar surface area (TPSA) is 82.1 Å². The fraction of sp³-hybridized carbons (Fsp3) is 0.600. The van der Waals surface area contributed by atoms with Crippen LogP contribution in [0.25, 0.3) is 0 Å². The van der Waals surface area contributed by atoms with Crippen LogP contribution in [-0.4, -0.2) is 41.0 Å². The molecule has 0 spiro atoms. The number of carbonyl (C=O) groups is 2. The van der Waals surface area contributed by atoms with E-state index in [4.69, 9.17) is 14.2 Å². The van der Waals surface area contributed by atoms with Crippen molar-refractivity contribution >= 4 is 11.9 Å². The van der Waals surface area contributed by atoms with Gasteiger partial charge in [-0.15, -0.1) is 0 Å². The Labute approximate surface area is 153 Å². The van der Waals surface area contributed by atoms with Gasteiger partial charge in [-0.3, -0.25) is 4.79 Å². The minimum atomic E-state index is -0.953. The maximum Gasteiger partial charge on any atom is 0.336 e. The fourth-order valence-electron chi connectivity index (χ4n) is 4.15. The van der Waals surface area contributed by atoms with Crippen LogP contribution in [0.15, 0.2) is 24.3 Å². The molecule has 6 heteroatoms. The van der Waals surface area contributed by atoms with Crippen molar-refractivity contribution in [3.63, 3.8) is 0 Å². The number of benzene rings is 1. The third-order valence-electron chi connectivity index (χ3n) is 5.82. The summed E-state index contributed by atoms with van der Waals surface area (Å²) in [6, 6.07) is 6.88. The first-order chi connectivity index (χ1) is 12.3. The van der Waals surface area contributed by atoms with Crippen molar-refractivity contribution in [1.29, 1.82) is 0 Å². The van der Waals surface area contributed by atoms with E-state index in [0.29, 0.717) is 12.2 Å². The largest absolute Gasteiger partial charge is 0.478 e. The van der Waals surface area contributed by atoms with Gasteiger partial charge in [-0.05, 0) is 31.4 Å². The van der Waals surface area contributed by atoms with Gasteiger partial charge in [0.05, 0.1) is 36.1 Å².